The molecule has 1 aliphatic carbocycles. The van der Waals surface area contributed by atoms with Crippen LogP contribution in [0.4, 0.5) is 21.5 Å². The average Bonchev–Trinajstić information content (AvgIpc) is 3.24. The molecule has 5 nitrogen and oxygen atoms in total. The van der Waals surface area contributed by atoms with Crippen molar-refractivity contribution < 1.29 is 14.0 Å². The molecule has 0 saturated heterocycles. The molecule has 3 aromatic rings. The molecule has 0 aromatic heterocycles. The Morgan fingerprint density at radius 1 is 0.941 bits per heavy atom. The fourth-order valence-corrected chi connectivity index (χ4v) is 5.46. The van der Waals surface area contributed by atoms with Crippen LogP contribution in [0.2, 0.25) is 0 Å². The van der Waals surface area contributed by atoms with Crippen molar-refractivity contribution in [2.75, 3.05) is 15.5 Å². The summed E-state index contributed by atoms with van der Waals surface area (Å²) >= 11 is 0. The number of amides is 1. The highest BCUT2D eigenvalue weighted by molar-refractivity contribution is 6.19. The predicted molar refractivity (Wildman–Crippen MR) is 130 cm³/mol. The number of hydrogen-bond donors (Lipinski definition) is 2. The van der Waals surface area contributed by atoms with Crippen molar-refractivity contribution in [1.29, 1.82) is 0 Å². The fourth-order valence-electron chi connectivity index (χ4n) is 5.46. The van der Waals surface area contributed by atoms with Gasteiger partial charge in [-0.05, 0) is 55.2 Å². The summed E-state index contributed by atoms with van der Waals surface area (Å²) in [5.41, 5.74) is 4.91. The number of aryl methyl sites for hydroxylation is 2. The second-order valence-corrected chi connectivity index (χ2v) is 9.27. The van der Waals surface area contributed by atoms with Crippen LogP contribution < -0.4 is 15.5 Å². The van der Waals surface area contributed by atoms with E-state index in [-0.39, 0.29) is 23.9 Å². The first-order valence-corrected chi connectivity index (χ1v) is 11.5. The number of allylic oxidation sites excluding steroid dienone is 1. The Hall–Kier alpha value is -3.93. The Bertz CT molecular complexity index is 1410. The van der Waals surface area contributed by atoms with Crippen LogP contribution in [0.1, 0.15) is 35.1 Å². The van der Waals surface area contributed by atoms with Crippen molar-refractivity contribution in [2.45, 2.75) is 38.8 Å². The van der Waals surface area contributed by atoms with E-state index < -0.39 is 11.4 Å². The number of benzene rings is 3. The Kier molecular flexibility index (Phi) is 4.43. The molecular formula is C28H24FN3O2. The minimum atomic E-state index is -1.49. The number of para-hydroxylation sites is 1. The summed E-state index contributed by atoms with van der Waals surface area (Å²) in [5.74, 6) is -0.918. The SMILES string of the molecule is Cc1cc2c(cc1C)NC1(C(=O)N(Cc3ccccc3)c3c(F)cccc31)C1=C(CCC1=O)N2. The van der Waals surface area contributed by atoms with E-state index >= 15 is 4.39 Å². The fraction of sp³-hybridized carbons (Fsp3) is 0.214. The second kappa shape index (κ2) is 7.29. The molecule has 3 aromatic carbocycles. The highest BCUT2D eigenvalue weighted by Gasteiger charge is 2.59. The molecule has 0 saturated carbocycles. The molecule has 6 rings (SSSR count). The molecular weight excluding hydrogens is 429 g/mol. The summed E-state index contributed by atoms with van der Waals surface area (Å²) in [6.07, 6.45) is 0.832. The Labute approximate surface area is 197 Å². The van der Waals surface area contributed by atoms with Crippen molar-refractivity contribution in [3.8, 4) is 0 Å². The first kappa shape index (κ1) is 20.7. The van der Waals surface area contributed by atoms with Gasteiger partial charge in [0.05, 0.1) is 29.2 Å². The summed E-state index contributed by atoms with van der Waals surface area (Å²) in [4.78, 5) is 29.2. The maximum absolute atomic E-state index is 15.4. The van der Waals surface area contributed by atoms with Crippen molar-refractivity contribution in [3.05, 3.63) is 100 Å². The molecule has 1 amide bonds. The van der Waals surface area contributed by atoms with Crippen molar-refractivity contribution >= 4 is 28.8 Å². The molecule has 2 N–H and O–H groups in total. The molecule has 0 bridgehead atoms. The Balaban J connectivity index is 1.62. The predicted octanol–water partition coefficient (Wildman–Crippen LogP) is 5.34. The van der Waals surface area contributed by atoms with Crippen LogP contribution in [-0.2, 0) is 21.7 Å². The Morgan fingerprint density at radius 3 is 2.44 bits per heavy atom. The smallest absolute Gasteiger partial charge is 0.262 e. The monoisotopic (exact) mass is 453 g/mol. The zero-order chi connectivity index (χ0) is 23.6. The minimum Gasteiger partial charge on any atom is -0.362 e. The number of carbonyl (C=O) groups is 2. The van der Waals surface area contributed by atoms with Crippen LogP contribution in [0, 0.1) is 19.7 Å². The van der Waals surface area contributed by atoms with Gasteiger partial charge in [-0.15, -0.1) is 0 Å². The summed E-state index contributed by atoms with van der Waals surface area (Å²) < 4.78 is 15.4. The zero-order valence-electron chi connectivity index (χ0n) is 19.0. The number of halogens is 1. The van der Waals surface area contributed by atoms with Crippen LogP contribution in [0.15, 0.2) is 71.9 Å². The van der Waals surface area contributed by atoms with Gasteiger partial charge in [-0.25, -0.2) is 4.39 Å². The minimum absolute atomic E-state index is 0.0960. The van der Waals surface area contributed by atoms with Crippen molar-refractivity contribution in [1.82, 2.24) is 0 Å². The van der Waals surface area contributed by atoms with E-state index in [1.807, 2.05) is 56.3 Å². The number of Topliss-reactive ketones (excluding diaryl/α,β-unsaturated/α-hetero) is 1. The number of nitrogens with zero attached hydrogens (tertiary/aromatic N) is 1. The number of ketones is 1. The van der Waals surface area contributed by atoms with Crippen LogP contribution in [0.25, 0.3) is 0 Å². The van der Waals surface area contributed by atoms with E-state index in [1.165, 1.54) is 11.0 Å². The Morgan fingerprint density at radius 2 is 1.68 bits per heavy atom. The van der Waals surface area contributed by atoms with E-state index in [9.17, 15) is 9.59 Å². The number of nitrogens with one attached hydrogen (secondary N) is 2. The van der Waals surface area contributed by atoms with Crippen LogP contribution >= 0.6 is 0 Å². The molecule has 0 radical (unpaired) electrons. The molecule has 2 heterocycles. The van der Waals surface area contributed by atoms with E-state index in [0.29, 0.717) is 24.0 Å². The second-order valence-electron chi connectivity index (χ2n) is 9.27. The third-order valence-electron chi connectivity index (χ3n) is 7.21. The average molecular weight is 454 g/mol. The van der Waals surface area contributed by atoms with Crippen LogP contribution in [-0.4, -0.2) is 11.7 Å². The highest BCUT2D eigenvalue weighted by atomic mass is 19.1. The molecule has 1 unspecified atom stereocenters. The maximum Gasteiger partial charge on any atom is 0.262 e. The number of anilines is 3. The number of hydrogen-bond acceptors (Lipinski definition) is 4. The molecule has 3 aliphatic rings. The van der Waals surface area contributed by atoms with Gasteiger partial charge in [0, 0.05) is 17.7 Å². The van der Waals surface area contributed by atoms with Gasteiger partial charge >= 0.3 is 0 Å². The normalized spacial score (nSPS) is 20.6. The standard InChI is InChI=1S/C28H24FN3O2/c1-16-13-22-23(14-17(16)2)31-28(25-21(30-22)11-12-24(25)33)19-9-6-10-20(29)26(19)32(27(28)34)15-18-7-4-3-5-8-18/h3-10,13-14,30-31H,11-12,15H2,1-2H3. The van der Waals surface area contributed by atoms with Crippen LogP contribution in [0.3, 0.4) is 0 Å². The lowest BCUT2D eigenvalue weighted by Crippen LogP contribution is -2.48. The van der Waals surface area contributed by atoms with E-state index in [1.54, 1.807) is 12.1 Å². The van der Waals surface area contributed by atoms with Gasteiger partial charge in [0.2, 0.25) is 0 Å². The van der Waals surface area contributed by atoms with Gasteiger partial charge in [-0.1, -0.05) is 42.5 Å². The number of carbonyl (C=O) groups excluding carboxylic acids is 2. The molecule has 6 heteroatoms. The largest absolute Gasteiger partial charge is 0.362 e. The number of fused-ring (bicyclic) bond motifs is 4. The van der Waals surface area contributed by atoms with E-state index in [2.05, 4.69) is 10.6 Å². The van der Waals surface area contributed by atoms with Gasteiger partial charge in [-0.2, -0.15) is 0 Å². The van der Waals surface area contributed by atoms with E-state index in [4.69, 9.17) is 0 Å². The molecule has 34 heavy (non-hydrogen) atoms. The molecule has 2 aliphatic heterocycles. The molecule has 1 atom stereocenters. The van der Waals surface area contributed by atoms with Gasteiger partial charge in [0.25, 0.3) is 5.91 Å². The third kappa shape index (κ3) is 2.78. The van der Waals surface area contributed by atoms with Gasteiger partial charge in [-0.3, -0.25) is 9.59 Å². The van der Waals surface area contributed by atoms with Gasteiger partial charge < -0.3 is 15.5 Å². The summed E-state index contributed by atoms with van der Waals surface area (Å²) in [6, 6.07) is 18.3. The number of rotatable bonds is 2. The first-order valence-electron chi connectivity index (χ1n) is 11.5. The zero-order valence-corrected chi connectivity index (χ0v) is 19.0. The topological polar surface area (TPSA) is 61.4 Å². The van der Waals surface area contributed by atoms with Crippen LogP contribution in [0.5, 0.6) is 0 Å². The molecule has 0 fully saturated rings. The summed E-state index contributed by atoms with van der Waals surface area (Å²) in [6.45, 7) is 4.24. The highest BCUT2D eigenvalue weighted by Crippen LogP contribution is 2.53. The van der Waals surface area contributed by atoms with Crippen molar-refractivity contribution in [3.63, 3.8) is 0 Å². The van der Waals surface area contributed by atoms with Gasteiger partial charge in [0.15, 0.2) is 11.3 Å². The lowest BCUT2D eigenvalue weighted by atomic mass is 9.81. The lowest BCUT2D eigenvalue weighted by Gasteiger charge is -2.31. The summed E-state index contributed by atoms with van der Waals surface area (Å²) in [5, 5.41) is 6.89. The first-order chi connectivity index (χ1) is 16.4. The maximum atomic E-state index is 15.4. The summed E-state index contributed by atoms with van der Waals surface area (Å²) in [7, 11) is 0. The molecule has 170 valence electrons. The van der Waals surface area contributed by atoms with E-state index in [0.717, 1.165) is 33.8 Å². The lowest BCUT2D eigenvalue weighted by molar-refractivity contribution is -0.123. The van der Waals surface area contributed by atoms with Crippen molar-refractivity contribution in [2.24, 2.45) is 0 Å². The quantitative estimate of drug-likeness (QED) is 0.550. The van der Waals surface area contributed by atoms with Gasteiger partial charge in [0.1, 0.15) is 5.82 Å². The third-order valence-corrected chi connectivity index (χ3v) is 7.21. The molecule has 1 spiro atoms.